The van der Waals surface area contributed by atoms with Gasteiger partial charge in [0.1, 0.15) is 0 Å². The van der Waals surface area contributed by atoms with E-state index in [2.05, 4.69) is 0 Å². The van der Waals surface area contributed by atoms with Crippen LogP contribution in [0.3, 0.4) is 0 Å². The van der Waals surface area contributed by atoms with Gasteiger partial charge in [0.05, 0.1) is 0 Å². The van der Waals surface area contributed by atoms with Crippen LogP contribution in [0.4, 0.5) is 13.2 Å². The van der Waals surface area contributed by atoms with Crippen molar-refractivity contribution in [3.63, 3.8) is 0 Å². The number of allylic oxidation sites excluding steroid dienone is 1. The second-order valence-electron chi connectivity index (χ2n) is 6.13. The number of aryl methyl sites for hydroxylation is 1. The summed E-state index contributed by atoms with van der Waals surface area (Å²) >= 11 is -0.723. The molecule has 2 rings (SSSR count). The first-order valence-electron chi connectivity index (χ1n) is 8.46. The second-order valence-corrected chi connectivity index (χ2v) is 10.6. The van der Waals surface area contributed by atoms with Gasteiger partial charge in [0.2, 0.25) is 0 Å². The summed E-state index contributed by atoms with van der Waals surface area (Å²) < 4.78 is 66.0. The van der Waals surface area contributed by atoms with Gasteiger partial charge in [-0.25, -0.2) is 0 Å². The van der Waals surface area contributed by atoms with E-state index >= 15 is 0 Å². The van der Waals surface area contributed by atoms with Gasteiger partial charge in [0.25, 0.3) is 0 Å². The Morgan fingerprint density at radius 1 is 1.07 bits per heavy atom. The Kier molecular flexibility index (Phi) is 7.32. The third-order valence-corrected chi connectivity index (χ3v) is 8.31. The molecule has 0 aliphatic heterocycles. The van der Waals surface area contributed by atoms with Gasteiger partial charge >= 0.3 is 165 Å². The van der Waals surface area contributed by atoms with Crippen molar-refractivity contribution in [1.29, 1.82) is 0 Å². The Morgan fingerprint density at radius 3 is 2.30 bits per heavy atom. The molecule has 146 valence electrons. The van der Waals surface area contributed by atoms with Gasteiger partial charge in [-0.05, 0) is 0 Å². The quantitative estimate of drug-likeness (QED) is 0.569. The molecule has 0 spiro atoms. The molecule has 0 atom stereocenters. The van der Waals surface area contributed by atoms with Crippen LogP contribution in [0.15, 0.2) is 64.0 Å². The predicted octanol–water partition coefficient (Wildman–Crippen LogP) is 4.50. The number of alkyl halides is 3. The summed E-state index contributed by atoms with van der Waals surface area (Å²) in [6.07, 6.45) is -1.25. The van der Waals surface area contributed by atoms with E-state index < -0.39 is 36.5 Å². The van der Waals surface area contributed by atoms with Gasteiger partial charge in [-0.2, -0.15) is 0 Å². The first kappa shape index (κ1) is 21.7. The normalized spacial score (nSPS) is 13.0. The van der Waals surface area contributed by atoms with E-state index in [1.54, 1.807) is 36.4 Å². The van der Waals surface area contributed by atoms with Crippen molar-refractivity contribution >= 4 is 29.3 Å². The standard InChI is InChI=1S/C20H21F3O2SSe/c1-3-4-7-17(14-26(24,25)16-12-10-15(2)11-13-16)27-19-9-6-5-8-18(19)20(21,22)23/h5-13H,3-4,14H2,1-2H3/b17-7-. The third kappa shape index (κ3) is 6.23. The maximum absolute atomic E-state index is 13.3. The van der Waals surface area contributed by atoms with Crippen LogP contribution in [0.1, 0.15) is 30.9 Å². The molecule has 0 aliphatic rings. The molecule has 27 heavy (non-hydrogen) atoms. The summed E-state index contributed by atoms with van der Waals surface area (Å²) in [5.41, 5.74) is 0.249. The number of halogens is 3. The second kappa shape index (κ2) is 9.09. The van der Waals surface area contributed by atoms with E-state index in [0.29, 0.717) is 10.9 Å². The molecule has 0 fully saturated rings. The summed E-state index contributed by atoms with van der Waals surface area (Å²) in [4.78, 5) is 0.190. The van der Waals surface area contributed by atoms with Crippen molar-refractivity contribution in [2.24, 2.45) is 0 Å². The monoisotopic (exact) mass is 462 g/mol. The molecule has 0 amide bonds. The van der Waals surface area contributed by atoms with Crippen LogP contribution in [0, 0.1) is 6.92 Å². The fourth-order valence-electron chi connectivity index (χ4n) is 2.38. The Balaban J connectivity index is 2.34. The van der Waals surface area contributed by atoms with Crippen LogP contribution < -0.4 is 4.46 Å². The summed E-state index contributed by atoms with van der Waals surface area (Å²) in [5.74, 6) is -0.262. The summed E-state index contributed by atoms with van der Waals surface area (Å²) in [6, 6.07) is 11.9. The molecule has 0 N–H and O–H groups in total. The molecule has 7 heteroatoms. The fraction of sp³-hybridized carbons (Fsp3) is 0.300. The van der Waals surface area contributed by atoms with Gasteiger partial charge in [0.15, 0.2) is 0 Å². The SMILES string of the molecule is CCC/C=C(/CS(=O)(=O)c1ccc(C)cc1)[Se]c1ccccc1C(F)(F)F. The number of rotatable bonds is 7. The van der Waals surface area contributed by atoms with Gasteiger partial charge in [-0.3, -0.25) is 0 Å². The molecule has 0 aliphatic carbocycles. The Labute approximate surface area is 164 Å². The van der Waals surface area contributed by atoms with Crippen LogP contribution in [-0.2, 0) is 16.0 Å². The Bertz CT molecular complexity index is 902. The number of hydrogen-bond acceptors (Lipinski definition) is 2. The molecule has 0 saturated carbocycles. The van der Waals surface area contributed by atoms with Gasteiger partial charge < -0.3 is 0 Å². The summed E-state index contributed by atoms with van der Waals surface area (Å²) in [5, 5.41) is 0. The van der Waals surface area contributed by atoms with Crippen LogP contribution in [-0.4, -0.2) is 29.1 Å². The van der Waals surface area contributed by atoms with Crippen LogP contribution in [0.25, 0.3) is 0 Å². The van der Waals surface area contributed by atoms with Crippen molar-refractivity contribution in [3.8, 4) is 0 Å². The molecule has 0 radical (unpaired) electrons. The first-order valence-corrected chi connectivity index (χ1v) is 11.8. The van der Waals surface area contributed by atoms with E-state index in [9.17, 15) is 21.6 Å². The molecule has 0 saturated heterocycles. The summed E-state index contributed by atoms with van der Waals surface area (Å²) in [7, 11) is -3.61. The summed E-state index contributed by atoms with van der Waals surface area (Å²) in [6.45, 7) is 3.80. The van der Waals surface area contributed by atoms with Crippen molar-refractivity contribution in [2.45, 2.75) is 37.8 Å². The molecule has 0 aromatic heterocycles. The zero-order chi connectivity index (χ0) is 20.1. The number of benzene rings is 2. The van der Waals surface area contributed by atoms with Gasteiger partial charge in [-0.1, -0.05) is 0 Å². The topological polar surface area (TPSA) is 34.1 Å². The van der Waals surface area contributed by atoms with Crippen LogP contribution in [0.5, 0.6) is 0 Å². The average molecular weight is 461 g/mol. The van der Waals surface area contributed by atoms with Crippen LogP contribution in [0.2, 0.25) is 0 Å². The van der Waals surface area contributed by atoms with Gasteiger partial charge in [0, 0.05) is 0 Å². The number of hydrogen-bond donors (Lipinski definition) is 0. The maximum atomic E-state index is 13.3. The average Bonchev–Trinajstić information content (AvgIpc) is 2.59. The molecule has 2 aromatic carbocycles. The molecular formula is C20H21F3O2SSe. The Morgan fingerprint density at radius 2 is 1.70 bits per heavy atom. The van der Waals surface area contributed by atoms with Crippen molar-refractivity contribution < 1.29 is 21.6 Å². The third-order valence-electron chi connectivity index (χ3n) is 3.81. The minimum atomic E-state index is -4.45. The molecule has 0 heterocycles. The Hall–Kier alpha value is -1.56. The van der Waals surface area contributed by atoms with Crippen molar-refractivity contribution in [2.75, 3.05) is 5.75 Å². The van der Waals surface area contributed by atoms with E-state index in [0.717, 1.165) is 18.1 Å². The van der Waals surface area contributed by atoms with Crippen molar-refractivity contribution in [3.05, 3.63) is 70.2 Å². The minimum absolute atomic E-state index is 0.152. The van der Waals surface area contributed by atoms with E-state index in [-0.39, 0.29) is 15.1 Å². The zero-order valence-electron chi connectivity index (χ0n) is 15.1. The van der Waals surface area contributed by atoms with E-state index in [1.165, 1.54) is 12.1 Å². The van der Waals surface area contributed by atoms with E-state index in [4.69, 9.17) is 0 Å². The number of sulfone groups is 1. The predicted molar refractivity (Wildman–Crippen MR) is 103 cm³/mol. The molecular weight excluding hydrogens is 440 g/mol. The zero-order valence-corrected chi connectivity index (χ0v) is 17.6. The van der Waals surface area contributed by atoms with Gasteiger partial charge in [-0.15, -0.1) is 0 Å². The van der Waals surface area contributed by atoms with Crippen LogP contribution >= 0.6 is 0 Å². The number of unbranched alkanes of at least 4 members (excludes halogenated alkanes) is 1. The first-order chi connectivity index (χ1) is 12.6. The fourth-order valence-corrected chi connectivity index (χ4v) is 6.94. The molecule has 2 aromatic rings. The molecule has 2 nitrogen and oxygen atoms in total. The molecule has 0 unspecified atom stereocenters. The molecule has 0 bridgehead atoms. The van der Waals surface area contributed by atoms with E-state index in [1.807, 2.05) is 13.8 Å². The van der Waals surface area contributed by atoms with Crippen molar-refractivity contribution in [1.82, 2.24) is 0 Å².